The van der Waals surface area contributed by atoms with Gasteiger partial charge in [0.05, 0.1) is 12.7 Å². The Bertz CT molecular complexity index is 184. The quantitative estimate of drug-likeness (QED) is 0.447. The average molecular weight is 188 g/mol. The first-order chi connectivity index (χ1) is 5.99. The van der Waals surface area contributed by atoms with E-state index >= 15 is 0 Å². The van der Waals surface area contributed by atoms with Crippen molar-refractivity contribution in [3.05, 3.63) is 24.3 Å². The number of aliphatic carboxylic acids is 1. The molecule has 0 aromatic rings. The molecule has 0 rings (SSSR count). The molecule has 76 valence electrons. The SMILES string of the molecule is C=CC(O)CO.CC=C(C)C(=O)O. The lowest BCUT2D eigenvalue weighted by Gasteiger charge is -1.93. The number of hydrogen-bond acceptors (Lipinski definition) is 3. The van der Waals surface area contributed by atoms with Gasteiger partial charge in [-0.1, -0.05) is 12.2 Å². The number of allylic oxidation sites excluding steroid dienone is 1. The molecule has 0 amide bonds. The normalized spacial score (nSPS) is 12.5. The highest BCUT2D eigenvalue weighted by Gasteiger charge is 1.93. The Labute approximate surface area is 77.8 Å². The summed E-state index contributed by atoms with van der Waals surface area (Å²) < 4.78 is 0. The Hall–Kier alpha value is -1.13. The van der Waals surface area contributed by atoms with E-state index in [0.717, 1.165) is 0 Å². The van der Waals surface area contributed by atoms with Crippen molar-refractivity contribution < 1.29 is 20.1 Å². The fraction of sp³-hybridized carbons (Fsp3) is 0.444. The van der Waals surface area contributed by atoms with Gasteiger partial charge in [-0.25, -0.2) is 4.79 Å². The summed E-state index contributed by atoms with van der Waals surface area (Å²) in [6.45, 7) is 6.24. The molecular weight excluding hydrogens is 172 g/mol. The summed E-state index contributed by atoms with van der Waals surface area (Å²) in [7, 11) is 0. The first-order valence-corrected chi connectivity index (χ1v) is 3.77. The van der Waals surface area contributed by atoms with Crippen molar-refractivity contribution in [3.63, 3.8) is 0 Å². The first kappa shape index (κ1) is 14.4. The van der Waals surface area contributed by atoms with Crippen LogP contribution in [0.4, 0.5) is 0 Å². The average Bonchev–Trinajstić information content (AvgIpc) is 2.16. The van der Waals surface area contributed by atoms with Gasteiger partial charge >= 0.3 is 5.97 Å². The Kier molecular flexibility index (Phi) is 9.93. The van der Waals surface area contributed by atoms with Crippen LogP contribution in [0.15, 0.2) is 24.3 Å². The van der Waals surface area contributed by atoms with E-state index in [1.807, 2.05) is 0 Å². The van der Waals surface area contributed by atoms with Crippen molar-refractivity contribution in [2.75, 3.05) is 6.61 Å². The largest absolute Gasteiger partial charge is 0.478 e. The maximum Gasteiger partial charge on any atom is 0.330 e. The number of hydrogen-bond donors (Lipinski definition) is 3. The van der Waals surface area contributed by atoms with Gasteiger partial charge in [-0.05, 0) is 13.8 Å². The highest BCUT2D eigenvalue weighted by Crippen LogP contribution is 1.87. The molecule has 0 bridgehead atoms. The van der Waals surface area contributed by atoms with Crippen LogP contribution in [0.3, 0.4) is 0 Å². The topological polar surface area (TPSA) is 77.8 Å². The van der Waals surface area contributed by atoms with Crippen LogP contribution in [0.25, 0.3) is 0 Å². The van der Waals surface area contributed by atoms with Crippen LogP contribution in [0.2, 0.25) is 0 Å². The maximum atomic E-state index is 9.86. The Morgan fingerprint density at radius 2 is 2.08 bits per heavy atom. The molecule has 4 heteroatoms. The third-order valence-electron chi connectivity index (χ3n) is 1.23. The summed E-state index contributed by atoms with van der Waals surface area (Å²) in [5.74, 6) is -0.845. The molecule has 0 radical (unpaired) electrons. The van der Waals surface area contributed by atoms with E-state index in [9.17, 15) is 4.79 Å². The number of aliphatic hydroxyl groups is 2. The van der Waals surface area contributed by atoms with Crippen LogP contribution in [0.5, 0.6) is 0 Å². The third-order valence-corrected chi connectivity index (χ3v) is 1.23. The number of carboxylic acid groups (broad SMARTS) is 1. The zero-order chi connectivity index (χ0) is 10.9. The predicted molar refractivity (Wildman–Crippen MR) is 50.4 cm³/mol. The van der Waals surface area contributed by atoms with Gasteiger partial charge in [0, 0.05) is 5.57 Å². The number of carbonyl (C=O) groups is 1. The van der Waals surface area contributed by atoms with Crippen molar-refractivity contribution in [3.8, 4) is 0 Å². The lowest BCUT2D eigenvalue weighted by molar-refractivity contribution is -0.132. The molecule has 0 fully saturated rings. The lowest BCUT2D eigenvalue weighted by Crippen LogP contribution is -2.05. The molecule has 4 nitrogen and oxygen atoms in total. The third kappa shape index (κ3) is 10.9. The van der Waals surface area contributed by atoms with Crippen LogP contribution in [-0.2, 0) is 4.79 Å². The summed E-state index contributed by atoms with van der Waals surface area (Å²) in [5.41, 5.74) is 0.389. The molecule has 13 heavy (non-hydrogen) atoms. The van der Waals surface area contributed by atoms with Crippen molar-refractivity contribution >= 4 is 5.97 Å². The number of rotatable bonds is 3. The Morgan fingerprint density at radius 3 is 2.08 bits per heavy atom. The Morgan fingerprint density at radius 1 is 1.62 bits per heavy atom. The van der Waals surface area contributed by atoms with Crippen LogP contribution in [-0.4, -0.2) is 34.0 Å². The molecule has 0 heterocycles. The van der Waals surface area contributed by atoms with E-state index in [2.05, 4.69) is 6.58 Å². The van der Waals surface area contributed by atoms with Gasteiger partial charge in [-0.3, -0.25) is 0 Å². The molecule has 0 aliphatic heterocycles. The monoisotopic (exact) mass is 188 g/mol. The van der Waals surface area contributed by atoms with Crippen LogP contribution in [0.1, 0.15) is 13.8 Å². The van der Waals surface area contributed by atoms with Gasteiger partial charge in [-0.15, -0.1) is 6.58 Å². The molecule has 0 saturated carbocycles. The summed E-state index contributed by atoms with van der Waals surface area (Å²) >= 11 is 0. The van der Waals surface area contributed by atoms with E-state index < -0.39 is 12.1 Å². The fourth-order valence-corrected chi connectivity index (χ4v) is 0.198. The van der Waals surface area contributed by atoms with E-state index in [1.54, 1.807) is 19.9 Å². The zero-order valence-electron chi connectivity index (χ0n) is 7.90. The van der Waals surface area contributed by atoms with Crippen molar-refractivity contribution in [2.45, 2.75) is 20.0 Å². The van der Waals surface area contributed by atoms with Crippen LogP contribution in [0, 0.1) is 0 Å². The second kappa shape index (κ2) is 8.96. The minimum absolute atomic E-state index is 0.233. The van der Waals surface area contributed by atoms with E-state index in [4.69, 9.17) is 15.3 Å². The van der Waals surface area contributed by atoms with Crippen molar-refractivity contribution in [2.24, 2.45) is 0 Å². The molecular formula is C9H16O4. The summed E-state index contributed by atoms with van der Waals surface area (Å²) in [6, 6.07) is 0. The van der Waals surface area contributed by atoms with Crippen molar-refractivity contribution in [1.82, 2.24) is 0 Å². The summed E-state index contributed by atoms with van der Waals surface area (Å²) in [4.78, 5) is 9.86. The molecule has 3 N–H and O–H groups in total. The van der Waals surface area contributed by atoms with Crippen LogP contribution >= 0.6 is 0 Å². The second-order valence-electron chi connectivity index (χ2n) is 2.26. The second-order valence-corrected chi connectivity index (χ2v) is 2.26. The summed E-state index contributed by atoms with van der Waals surface area (Å²) in [6.07, 6.45) is 2.09. The highest BCUT2D eigenvalue weighted by atomic mass is 16.4. The number of aliphatic hydroxyl groups excluding tert-OH is 2. The summed E-state index contributed by atoms with van der Waals surface area (Å²) in [5, 5.41) is 24.4. The van der Waals surface area contributed by atoms with E-state index in [0.29, 0.717) is 5.57 Å². The van der Waals surface area contributed by atoms with Gasteiger partial charge in [0.2, 0.25) is 0 Å². The van der Waals surface area contributed by atoms with Gasteiger partial charge in [0.1, 0.15) is 0 Å². The smallest absolute Gasteiger partial charge is 0.330 e. The molecule has 1 atom stereocenters. The van der Waals surface area contributed by atoms with Gasteiger partial charge in [0.25, 0.3) is 0 Å². The predicted octanol–water partition coefficient (Wildman–Crippen LogP) is 0.563. The van der Waals surface area contributed by atoms with Crippen LogP contribution < -0.4 is 0 Å². The lowest BCUT2D eigenvalue weighted by atomic mass is 10.3. The first-order valence-electron chi connectivity index (χ1n) is 3.77. The standard InChI is InChI=1S/C5H8O2.C4H8O2/c1-3-4(2)5(6)7;1-2-4(6)3-5/h3H,1-2H3,(H,6,7);2,4-6H,1,3H2. The van der Waals surface area contributed by atoms with E-state index in [1.165, 1.54) is 6.08 Å². The zero-order valence-corrected chi connectivity index (χ0v) is 7.90. The molecule has 0 aromatic heterocycles. The minimum Gasteiger partial charge on any atom is -0.478 e. The Balaban J connectivity index is 0. The highest BCUT2D eigenvalue weighted by molar-refractivity contribution is 5.85. The van der Waals surface area contributed by atoms with Crippen molar-refractivity contribution in [1.29, 1.82) is 0 Å². The van der Waals surface area contributed by atoms with Gasteiger partial charge < -0.3 is 15.3 Å². The molecule has 0 saturated heterocycles. The van der Waals surface area contributed by atoms with Gasteiger partial charge in [-0.2, -0.15) is 0 Å². The molecule has 1 unspecified atom stereocenters. The molecule has 0 spiro atoms. The van der Waals surface area contributed by atoms with E-state index in [-0.39, 0.29) is 6.61 Å². The molecule has 0 aromatic carbocycles. The fourth-order valence-electron chi connectivity index (χ4n) is 0.198. The minimum atomic E-state index is -0.845. The maximum absolute atomic E-state index is 9.86. The molecule has 0 aliphatic rings. The molecule has 0 aliphatic carbocycles. The van der Waals surface area contributed by atoms with Gasteiger partial charge in [0.15, 0.2) is 0 Å². The number of carboxylic acids is 1.